The number of fused-ring (bicyclic) bond motifs is 2. The van der Waals surface area contributed by atoms with Crippen LogP contribution in [0.2, 0.25) is 0 Å². The molecule has 1 N–H and O–H groups in total. The van der Waals surface area contributed by atoms with Crippen LogP contribution >= 0.6 is 0 Å². The third-order valence-corrected chi connectivity index (χ3v) is 4.16. The molecule has 2 aliphatic rings. The largest absolute Gasteiger partial charge is 0.481 e. The first-order valence-electron chi connectivity index (χ1n) is 6.53. The fourth-order valence-electron chi connectivity index (χ4n) is 3.33. The summed E-state index contributed by atoms with van der Waals surface area (Å²) in [6.45, 7) is 0.493. The predicted octanol–water partition coefficient (Wildman–Crippen LogP) is 0.132. The number of carbonyl (C=O) groups excluding carboxylic acids is 1. The molecule has 1 aromatic rings. The highest BCUT2D eigenvalue weighted by Crippen LogP contribution is 2.42. The van der Waals surface area contributed by atoms with E-state index in [4.69, 9.17) is 5.11 Å². The summed E-state index contributed by atoms with van der Waals surface area (Å²) >= 11 is 0. The number of hydrogen-bond acceptors (Lipinski definition) is 4. The number of carboxylic acid groups (broad SMARTS) is 1. The van der Waals surface area contributed by atoms with Gasteiger partial charge in [0, 0.05) is 18.5 Å². The minimum absolute atomic E-state index is 0.0340. The number of carbonyl (C=O) groups is 2. The van der Waals surface area contributed by atoms with Crippen LogP contribution in [0.15, 0.2) is 12.7 Å². The first-order chi connectivity index (χ1) is 9.16. The number of carboxylic acids is 1. The van der Waals surface area contributed by atoms with Gasteiger partial charge < -0.3 is 10.0 Å². The Kier molecular flexibility index (Phi) is 2.96. The summed E-state index contributed by atoms with van der Waals surface area (Å²) in [5.74, 6) is -1.12. The van der Waals surface area contributed by atoms with Crippen molar-refractivity contribution in [3.05, 3.63) is 12.7 Å². The van der Waals surface area contributed by atoms with Crippen molar-refractivity contribution >= 4 is 11.9 Å². The molecule has 0 aliphatic carbocycles. The molecule has 2 fully saturated rings. The summed E-state index contributed by atoms with van der Waals surface area (Å²) in [6, 6.07) is 0.0140. The van der Waals surface area contributed by atoms with Gasteiger partial charge in [0.1, 0.15) is 12.7 Å². The Morgan fingerprint density at radius 1 is 1.37 bits per heavy atom. The third-order valence-electron chi connectivity index (χ3n) is 4.16. The molecule has 3 rings (SSSR count). The SMILES string of the molecule is O=C(O)C1CC2CCC1N2C(=O)CCn1cncn1. The van der Waals surface area contributed by atoms with E-state index in [2.05, 4.69) is 10.1 Å². The molecular formula is C12H16N4O3. The van der Waals surface area contributed by atoms with Crippen molar-refractivity contribution in [1.29, 1.82) is 0 Å². The number of nitrogens with zero attached hydrogens (tertiary/aromatic N) is 4. The summed E-state index contributed by atoms with van der Waals surface area (Å²) in [5, 5.41) is 13.1. The van der Waals surface area contributed by atoms with Gasteiger partial charge in [-0.2, -0.15) is 5.10 Å². The Balaban J connectivity index is 1.63. The Labute approximate surface area is 110 Å². The van der Waals surface area contributed by atoms with Crippen LogP contribution in [0.4, 0.5) is 0 Å². The maximum atomic E-state index is 12.2. The summed E-state index contributed by atoms with van der Waals surface area (Å²) in [7, 11) is 0. The second-order valence-corrected chi connectivity index (χ2v) is 5.19. The van der Waals surface area contributed by atoms with Crippen molar-refractivity contribution in [3.63, 3.8) is 0 Å². The second-order valence-electron chi connectivity index (χ2n) is 5.19. The summed E-state index contributed by atoms with van der Waals surface area (Å²) < 4.78 is 1.62. The van der Waals surface area contributed by atoms with Crippen LogP contribution in [0, 0.1) is 5.92 Å². The average Bonchev–Trinajstić information content (AvgIpc) is 3.11. The number of hydrogen-bond donors (Lipinski definition) is 1. The van der Waals surface area contributed by atoms with Crippen molar-refractivity contribution in [1.82, 2.24) is 19.7 Å². The van der Waals surface area contributed by atoms with Crippen LogP contribution in [0.25, 0.3) is 0 Å². The highest BCUT2D eigenvalue weighted by atomic mass is 16.4. The van der Waals surface area contributed by atoms with E-state index in [1.54, 1.807) is 15.9 Å². The molecule has 0 spiro atoms. The number of rotatable bonds is 4. The van der Waals surface area contributed by atoms with Crippen molar-refractivity contribution in [2.45, 2.75) is 44.3 Å². The van der Waals surface area contributed by atoms with E-state index in [0.717, 1.165) is 12.8 Å². The minimum atomic E-state index is -0.777. The second kappa shape index (κ2) is 4.64. The lowest BCUT2D eigenvalue weighted by molar-refractivity contribution is -0.143. The minimum Gasteiger partial charge on any atom is -0.481 e. The molecule has 1 amide bonds. The molecule has 1 aromatic heterocycles. The zero-order valence-corrected chi connectivity index (χ0v) is 10.5. The average molecular weight is 264 g/mol. The molecule has 7 heteroatoms. The Bertz CT molecular complexity index is 487. The van der Waals surface area contributed by atoms with Gasteiger partial charge in [-0.1, -0.05) is 0 Å². The predicted molar refractivity (Wildman–Crippen MR) is 64.0 cm³/mol. The smallest absolute Gasteiger partial charge is 0.308 e. The molecule has 102 valence electrons. The maximum Gasteiger partial charge on any atom is 0.308 e. The maximum absolute atomic E-state index is 12.2. The Morgan fingerprint density at radius 3 is 2.84 bits per heavy atom. The van der Waals surface area contributed by atoms with Crippen molar-refractivity contribution in [2.24, 2.45) is 5.92 Å². The number of amides is 1. The molecule has 3 unspecified atom stereocenters. The van der Waals surface area contributed by atoms with Gasteiger partial charge in [-0.05, 0) is 19.3 Å². The number of aromatic nitrogens is 3. The molecule has 2 bridgehead atoms. The lowest BCUT2D eigenvalue weighted by Gasteiger charge is -2.23. The lowest BCUT2D eigenvalue weighted by Crippen LogP contribution is -2.38. The molecule has 7 nitrogen and oxygen atoms in total. The summed E-state index contributed by atoms with van der Waals surface area (Å²) in [5.41, 5.74) is 0. The van der Waals surface area contributed by atoms with Crippen molar-refractivity contribution < 1.29 is 14.7 Å². The van der Waals surface area contributed by atoms with Crippen LogP contribution < -0.4 is 0 Å². The first-order valence-corrected chi connectivity index (χ1v) is 6.53. The van der Waals surface area contributed by atoms with E-state index in [-0.39, 0.29) is 23.9 Å². The van der Waals surface area contributed by atoms with Gasteiger partial charge in [0.15, 0.2) is 0 Å². The molecule has 3 heterocycles. The van der Waals surface area contributed by atoms with E-state index in [9.17, 15) is 9.59 Å². The van der Waals surface area contributed by atoms with Gasteiger partial charge in [0.05, 0.1) is 12.5 Å². The van der Waals surface area contributed by atoms with E-state index in [1.807, 2.05) is 0 Å². The van der Waals surface area contributed by atoms with E-state index >= 15 is 0 Å². The van der Waals surface area contributed by atoms with Crippen LogP contribution in [-0.2, 0) is 16.1 Å². The number of aryl methyl sites for hydroxylation is 1. The standard InChI is InChI=1S/C12H16N4O3/c17-11(3-4-15-7-13-6-14-15)16-8-1-2-10(16)9(5-8)12(18)19/h6-10H,1-5H2,(H,18,19). The normalized spacial score (nSPS) is 28.8. The van der Waals surface area contributed by atoms with Gasteiger partial charge >= 0.3 is 5.97 Å². The van der Waals surface area contributed by atoms with Crippen LogP contribution in [0.3, 0.4) is 0 Å². The van der Waals surface area contributed by atoms with Crippen molar-refractivity contribution in [2.75, 3.05) is 0 Å². The molecule has 3 atom stereocenters. The van der Waals surface area contributed by atoms with Gasteiger partial charge in [-0.3, -0.25) is 14.3 Å². The molecular weight excluding hydrogens is 248 g/mol. The van der Waals surface area contributed by atoms with Gasteiger partial charge in [0.2, 0.25) is 5.91 Å². The Hall–Kier alpha value is -1.92. The quantitative estimate of drug-likeness (QED) is 0.835. The van der Waals surface area contributed by atoms with Crippen LogP contribution in [0.1, 0.15) is 25.7 Å². The Morgan fingerprint density at radius 2 is 2.21 bits per heavy atom. The molecule has 19 heavy (non-hydrogen) atoms. The fraction of sp³-hybridized carbons (Fsp3) is 0.667. The van der Waals surface area contributed by atoms with E-state index in [0.29, 0.717) is 19.4 Å². The third kappa shape index (κ3) is 2.09. The zero-order chi connectivity index (χ0) is 13.4. The van der Waals surface area contributed by atoms with E-state index in [1.165, 1.54) is 6.33 Å². The molecule has 2 saturated heterocycles. The van der Waals surface area contributed by atoms with E-state index < -0.39 is 5.97 Å². The fourth-order valence-corrected chi connectivity index (χ4v) is 3.33. The molecule has 0 aromatic carbocycles. The molecule has 0 radical (unpaired) electrons. The summed E-state index contributed by atoms with van der Waals surface area (Å²) in [6.07, 6.45) is 5.72. The topological polar surface area (TPSA) is 88.3 Å². The highest BCUT2D eigenvalue weighted by molar-refractivity contribution is 5.80. The molecule has 0 saturated carbocycles. The van der Waals surface area contributed by atoms with Gasteiger partial charge in [-0.25, -0.2) is 4.98 Å². The molecule has 2 aliphatic heterocycles. The van der Waals surface area contributed by atoms with Crippen LogP contribution in [0.5, 0.6) is 0 Å². The van der Waals surface area contributed by atoms with Crippen LogP contribution in [-0.4, -0.2) is 48.7 Å². The number of aliphatic carboxylic acids is 1. The lowest BCUT2D eigenvalue weighted by atomic mass is 9.89. The zero-order valence-electron chi connectivity index (χ0n) is 10.5. The van der Waals surface area contributed by atoms with Gasteiger partial charge in [-0.15, -0.1) is 0 Å². The highest BCUT2D eigenvalue weighted by Gasteiger charge is 2.50. The van der Waals surface area contributed by atoms with Gasteiger partial charge in [0.25, 0.3) is 0 Å². The van der Waals surface area contributed by atoms with Crippen molar-refractivity contribution in [3.8, 4) is 0 Å². The monoisotopic (exact) mass is 264 g/mol. The summed E-state index contributed by atoms with van der Waals surface area (Å²) in [4.78, 5) is 29.0. The first kappa shape index (κ1) is 12.1.